The maximum atomic E-state index is 11.7. The molecule has 1 aliphatic heterocycles. The summed E-state index contributed by atoms with van der Waals surface area (Å²) in [5.41, 5.74) is 0. The molecule has 0 aromatic carbocycles. The van der Waals surface area contributed by atoms with Crippen LogP contribution in [0.4, 0.5) is 5.13 Å². The Labute approximate surface area is 105 Å². The molecule has 2 heterocycles. The first-order chi connectivity index (χ1) is 7.72. The van der Waals surface area contributed by atoms with E-state index in [9.17, 15) is 4.79 Å². The summed E-state index contributed by atoms with van der Waals surface area (Å²) in [5.74, 6) is -0.0639. The molecule has 0 bridgehead atoms. The third-order valence-electron chi connectivity index (χ3n) is 2.31. The molecule has 1 unspecified atom stereocenters. The minimum atomic E-state index is -0.321. The second-order valence-electron chi connectivity index (χ2n) is 3.24. The van der Waals surface area contributed by atoms with E-state index in [1.807, 2.05) is 4.90 Å². The zero-order valence-electron chi connectivity index (χ0n) is 8.64. The molecule has 1 aromatic rings. The highest BCUT2D eigenvalue weighted by Crippen LogP contribution is 2.26. The number of nitrogens with one attached hydrogen (secondary N) is 1. The van der Waals surface area contributed by atoms with Crippen LogP contribution in [0.3, 0.4) is 0 Å². The van der Waals surface area contributed by atoms with Crippen molar-refractivity contribution in [2.75, 3.05) is 31.7 Å². The topological polar surface area (TPSA) is 67.3 Å². The highest BCUT2D eigenvalue weighted by Gasteiger charge is 2.30. The van der Waals surface area contributed by atoms with Crippen molar-refractivity contribution in [1.82, 2.24) is 15.5 Å². The van der Waals surface area contributed by atoms with Gasteiger partial charge in [0.2, 0.25) is 11.0 Å². The summed E-state index contributed by atoms with van der Waals surface area (Å²) in [6.07, 6.45) is 0. The predicted octanol–water partition coefficient (Wildman–Crippen LogP) is 0.252. The summed E-state index contributed by atoms with van der Waals surface area (Å²) in [4.78, 5) is 13.6. The van der Waals surface area contributed by atoms with Crippen LogP contribution in [0.1, 0.15) is 0 Å². The maximum Gasteiger partial charge on any atom is 0.244 e. The van der Waals surface area contributed by atoms with Crippen LogP contribution in [0.2, 0.25) is 0 Å². The molecule has 2 rings (SSSR count). The molecule has 1 N–H and O–H groups in total. The van der Waals surface area contributed by atoms with E-state index in [4.69, 9.17) is 4.74 Å². The van der Waals surface area contributed by atoms with Gasteiger partial charge in [0, 0.05) is 13.6 Å². The van der Waals surface area contributed by atoms with Gasteiger partial charge >= 0.3 is 0 Å². The Bertz CT molecular complexity index is 386. The monoisotopic (exact) mass is 306 g/mol. The number of hydrogen-bond donors (Lipinski definition) is 1. The van der Waals surface area contributed by atoms with Crippen LogP contribution >= 0.6 is 27.3 Å². The third kappa shape index (κ3) is 2.33. The zero-order valence-corrected chi connectivity index (χ0v) is 11.0. The first kappa shape index (κ1) is 11.7. The Hall–Kier alpha value is -0.730. The van der Waals surface area contributed by atoms with Crippen molar-refractivity contribution in [3.8, 4) is 0 Å². The second-order valence-corrected chi connectivity index (χ2v) is 5.47. The van der Waals surface area contributed by atoms with Gasteiger partial charge in [0.1, 0.15) is 6.04 Å². The van der Waals surface area contributed by atoms with Crippen LogP contribution in [-0.4, -0.2) is 49.0 Å². The van der Waals surface area contributed by atoms with Gasteiger partial charge in [-0.25, -0.2) is 0 Å². The first-order valence-corrected chi connectivity index (χ1v) is 6.38. The molecule has 0 radical (unpaired) electrons. The van der Waals surface area contributed by atoms with Crippen molar-refractivity contribution in [3.05, 3.63) is 3.92 Å². The Balaban J connectivity index is 2.19. The van der Waals surface area contributed by atoms with Gasteiger partial charge in [-0.15, -0.1) is 10.2 Å². The highest BCUT2D eigenvalue weighted by atomic mass is 79.9. The highest BCUT2D eigenvalue weighted by molar-refractivity contribution is 9.11. The molecule has 1 aromatic heterocycles. The van der Waals surface area contributed by atoms with Gasteiger partial charge in [-0.3, -0.25) is 4.79 Å². The fourth-order valence-corrected chi connectivity index (χ4v) is 2.69. The number of hydrogen-bond acceptors (Lipinski definition) is 6. The van der Waals surface area contributed by atoms with Crippen molar-refractivity contribution < 1.29 is 9.53 Å². The number of carbonyl (C=O) groups is 1. The summed E-state index contributed by atoms with van der Waals surface area (Å²) in [6.45, 7) is 1.64. The molecule has 88 valence electrons. The van der Waals surface area contributed by atoms with E-state index < -0.39 is 0 Å². The quantitative estimate of drug-likeness (QED) is 0.848. The van der Waals surface area contributed by atoms with E-state index in [1.165, 1.54) is 11.3 Å². The Morgan fingerprint density at radius 2 is 2.50 bits per heavy atom. The maximum absolute atomic E-state index is 11.7. The first-order valence-electron chi connectivity index (χ1n) is 4.77. The van der Waals surface area contributed by atoms with E-state index in [0.717, 1.165) is 5.13 Å². The van der Waals surface area contributed by atoms with Gasteiger partial charge in [0.05, 0.1) is 13.2 Å². The van der Waals surface area contributed by atoms with E-state index in [2.05, 4.69) is 31.4 Å². The largest absolute Gasteiger partial charge is 0.377 e. The van der Waals surface area contributed by atoms with Crippen LogP contribution in [0.5, 0.6) is 0 Å². The number of aromatic nitrogens is 2. The van der Waals surface area contributed by atoms with Crippen LogP contribution in [-0.2, 0) is 9.53 Å². The molecule has 8 heteroatoms. The number of rotatable bonds is 2. The summed E-state index contributed by atoms with van der Waals surface area (Å²) >= 11 is 4.67. The van der Waals surface area contributed by atoms with Crippen LogP contribution in [0.25, 0.3) is 0 Å². The van der Waals surface area contributed by atoms with Gasteiger partial charge in [0.15, 0.2) is 3.92 Å². The molecule has 1 fully saturated rings. The average molecular weight is 307 g/mol. The minimum Gasteiger partial charge on any atom is -0.377 e. The van der Waals surface area contributed by atoms with Crippen molar-refractivity contribution >= 4 is 38.3 Å². The Morgan fingerprint density at radius 3 is 3.12 bits per heavy atom. The number of likely N-dealkylation sites (N-methyl/N-ethyl adjacent to an activating group) is 1. The molecule has 0 spiro atoms. The van der Waals surface area contributed by atoms with Crippen molar-refractivity contribution in [3.63, 3.8) is 0 Å². The fourth-order valence-electron chi connectivity index (χ4n) is 1.53. The SMILES string of the molecule is CNC(=O)C1COCCN1c1nnc(Br)s1. The molecule has 1 amide bonds. The summed E-state index contributed by atoms with van der Waals surface area (Å²) in [5, 5.41) is 11.3. The standard InChI is InChI=1S/C8H11BrN4O2S/c1-10-6(14)5-4-15-3-2-13(5)8-12-11-7(9)16-8/h5H,2-4H2,1H3,(H,10,14). The van der Waals surface area contributed by atoms with Crippen LogP contribution in [0, 0.1) is 0 Å². The van der Waals surface area contributed by atoms with Gasteiger partial charge in [-0.2, -0.15) is 0 Å². The van der Waals surface area contributed by atoms with Crippen molar-refractivity contribution in [1.29, 1.82) is 0 Å². The second kappa shape index (κ2) is 5.07. The minimum absolute atomic E-state index is 0.0639. The molecule has 1 atom stereocenters. The molecule has 1 saturated heterocycles. The van der Waals surface area contributed by atoms with Gasteiger partial charge in [0.25, 0.3) is 0 Å². The molecular weight excluding hydrogens is 296 g/mol. The normalized spacial score (nSPS) is 20.9. The number of ether oxygens (including phenoxy) is 1. The van der Waals surface area contributed by atoms with Gasteiger partial charge < -0.3 is 15.0 Å². The van der Waals surface area contributed by atoms with Gasteiger partial charge in [-0.05, 0) is 15.9 Å². The van der Waals surface area contributed by atoms with E-state index >= 15 is 0 Å². The Kier molecular flexibility index (Phi) is 3.72. The molecule has 1 aliphatic rings. The molecule has 16 heavy (non-hydrogen) atoms. The average Bonchev–Trinajstić information content (AvgIpc) is 2.75. The number of morpholine rings is 1. The number of carbonyl (C=O) groups excluding carboxylic acids is 1. The molecule has 0 aliphatic carbocycles. The van der Waals surface area contributed by atoms with Gasteiger partial charge in [-0.1, -0.05) is 11.3 Å². The number of anilines is 1. The van der Waals surface area contributed by atoms with Crippen molar-refractivity contribution in [2.45, 2.75) is 6.04 Å². The lowest BCUT2D eigenvalue weighted by Crippen LogP contribution is -2.53. The molecule has 0 saturated carbocycles. The summed E-state index contributed by atoms with van der Waals surface area (Å²) in [6, 6.07) is -0.321. The molecule has 6 nitrogen and oxygen atoms in total. The van der Waals surface area contributed by atoms with E-state index in [0.29, 0.717) is 23.7 Å². The smallest absolute Gasteiger partial charge is 0.244 e. The lowest BCUT2D eigenvalue weighted by Gasteiger charge is -2.33. The van der Waals surface area contributed by atoms with Crippen LogP contribution in [0.15, 0.2) is 3.92 Å². The number of amides is 1. The van der Waals surface area contributed by atoms with E-state index in [-0.39, 0.29) is 11.9 Å². The van der Waals surface area contributed by atoms with Crippen molar-refractivity contribution in [2.24, 2.45) is 0 Å². The lowest BCUT2D eigenvalue weighted by atomic mass is 10.2. The van der Waals surface area contributed by atoms with E-state index in [1.54, 1.807) is 7.05 Å². The summed E-state index contributed by atoms with van der Waals surface area (Å²) < 4.78 is 6.02. The number of nitrogens with zero attached hydrogens (tertiary/aromatic N) is 3. The fraction of sp³-hybridized carbons (Fsp3) is 0.625. The molecular formula is C8H11BrN4O2S. The predicted molar refractivity (Wildman–Crippen MR) is 63.6 cm³/mol. The number of halogens is 1. The Morgan fingerprint density at radius 1 is 1.69 bits per heavy atom. The van der Waals surface area contributed by atoms with Crippen LogP contribution < -0.4 is 10.2 Å². The third-order valence-corrected chi connectivity index (χ3v) is 3.71. The zero-order chi connectivity index (χ0) is 11.5. The summed E-state index contributed by atoms with van der Waals surface area (Å²) in [7, 11) is 1.62. The lowest BCUT2D eigenvalue weighted by molar-refractivity contribution is -0.124.